The van der Waals surface area contributed by atoms with Crippen LogP contribution >= 0.6 is 23.3 Å². The number of thioether (sulfide) groups is 1. The molecule has 10 heavy (non-hydrogen) atoms. The van der Waals surface area contributed by atoms with Crippen molar-refractivity contribution in [2.45, 2.75) is 5.03 Å². The first-order chi connectivity index (χ1) is 4.79. The van der Waals surface area contributed by atoms with Gasteiger partial charge in [0, 0.05) is 0 Å². The van der Waals surface area contributed by atoms with Crippen molar-refractivity contribution >= 4 is 28.3 Å². The van der Waals surface area contributed by atoms with Gasteiger partial charge in [0.25, 0.3) is 0 Å². The lowest BCUT2D eigenvalue weighted by Gasteiger charge is -1.85. The summed E-state index contributed by atoms with van der Waals surface area (Å²) in [7, 11) is 0. The lowest BCUT2D eigenvalue weighted by molar-refractivity contribution is 1.26. The Kier molecular flexibility index (Phi) is 2.14. The molecule has 1 aromatic rings. The molecular formula is C5H5N3S2. The second-order valence-electron chi connectivity index (χ2n) is 1.54. The molecule has 2 N–H and O–H groups in total. The molecule has 0 bridgehead atoms. The standard InChI is InChI=1S/C5H5N3S2/c1-9-5-3(2-6)4(7)10-8-5/h7H2,1H3. The first kappa shape index (κ1) is 7.38. The summed E-state index contributed by atoms with van der Waals surface area (Å²) in [6, 6.07) is 2.00. The van der Waals surface area contributed by atoms with Crippen molar-refractivity contribution in [2.75, 3.05) is 12.0 Å². The highest BCUT2D eigenvalue weighted by Gasteiger charge is 2.08. The molecule has 0 saturated carbocycles. The van der Waals surface area contributed by atoms with Gasteiger partial charge in [-0.05, 0) is 17.8 Å². The molecule has 0 aliphatic carbocycles. The van der Waals surface area contributed by atoms with Crippen LogP contribution in [0, 0.1) is 11.3 Å². The lowest BCUT2D eigenvalue weighted by Crippen LogP contribution is -1.83. The zero-order valence-electron chi connectivity index (χ0n) is 5.29. The molecule has 0 atom stereocenters. The Bertz CT molecular complexity index is 273. The van der Waals surface area contributed by atoms with E-state index in [0.29, 0.717) is 10.6 Å². The molecule has 0 radical (unpaired) electrons. The van der Waals surface area contributed by atoms with E-state index in [1.807, 2.05) is 12.3 Å². The fourth-order valence-corrected chi connectivity index (χ4v) is 1.87. The number of nitrogens with two attached hydrogens (primary N) is 1. The van der Waals surface area contributed by atoms with E-state index >= 15 is 0 Å². The van der Waals surface area contributed by atoms with Gasteiger partial charge in [-0.2, -0.15) is 9.64 Å². The first-order valence-electron chi connectivity index (χ1n) is 2.48. The Morgan fingerprint density at radius 3 is 2.90 bits per heavy atom. The Hall–Kier alpha value is -0.730. The fraction of sp³-hybridized carbons (Fsp3) is 0.200. The van der Waals surface area contributed by atoms with Crippen LogP contribution in [0.2, 0.25) is 0 Å². The summed E-state index contributed by atoms with van der Waals surface area (Å²) in [5, 5.41) is 9.78. The Morgan fingerprint density at radius 1 is 1.80 bits per heavy atom. The molecule has 1 rings (SSSR count). The molecule has 0 fully saturated rings. The van der Waals surface area contributed by atoms with Crippen LogP contribution in [0.1, 0.15) is 5.56 Å². The molecule has 0 aliphatic rings. The van der Waals surface area contributed by atoms with Crippen LogP contribution in [0.4, 0.5) is 5.00 Å². The third-order valence-corrected chi connectivity index (χ3v) is 2.46. The predicted molar refractivity (Wildman–Crippen MR) is 43.0 cm³/mol. The summed E-state index contributed by atoms with van der Waals surface area (Å²) in [5.74, 6) is 0. The van der Waals surface area contributed by atoms with Gasteiger partial charge in [-0.25, -0.2) is 0 Å². The van der Waals surface area contributed by atoms with Gasteiger partial charge in [0.05, 0.1) is 0 Å². The summed E-state index contributed by atoms with van der Waals surface area (Å²) >= 11 is 2.60. The Morgan fingerprint density at radius 2 is 2.50 bits per heavy atom. The van der Waals surface area contributed by atoms with Gasteiger partial charge in [0.1, 0.15) is 21.7 Å². The third-order valence-electron chi connectivity index (χ3n) is 0.992. The SMILES string of the molecule is CSc1nsc(N)c1C#N. The quantitative estimate of drug-likeness (QED) is 0.647. The van der Waals surface area contributed by atoms with Crippen molar-refractivity contribution in [1.82, 2.24) is 4.37 Å². The van der Waals surface area contributed by atoms with Crippen molar-refractivity contribution < 1.29 is 0 Å². The van der Waals surface area contributed by atoms with Crippen LogP contribution in [0.3, 0.4) is 0 Å². The van der Waals surface area contributed by atoms with Crippen LogP contribution in [-0.2, 0) is 0 Å². The molecule has 0 amide bonds. The molecule has 1 heterocycles. The average Bonchev–Trinajstić information content (AvgIpc) is 2.30. The van der Waals surface area contributed by atoms with E-state index in [4.69, 9.17) is 11.0 Å². The highest BCUT2D eigenvalue weighted by molar-refractivity contribution is 7.98. The molecule has 3 nitrogen and oxygen atoms in total. The van der Waals surface area contributed by atoms with E-state index < -0.39 is 0 Å². The van der Waals surface area contributed by atoms with Gasteiger partial charge in [-0.1, -0.05) is 0 Å². The molecule has 0 spiro atoms. The second kappa shape index (κ2) is 2.90. The van der Waals surface area contributed by atoms with Crippen molar-refractivity contribution in [3.05, 3.63) is 5.56 Å². The number of anilines is 1. The highest BCUT2D eigenvalue weighted by Crippen LogP contribution is 2.26. The largest absolute Gasteiger partial charge is 0.388 e. The molecule has 0 aromatic carbocycles. The summed E-state index contributed by atoms with van der Waals surface area (Å²) in [5.41, 5.74) is 5.96. The number of nitriles is 1. The molecule has 52 valence electrons. The number of hydrogen-bond donors (Lipinski definition) is 1. The van der Waals surface area contributed by atoms with Crippen LogP contribution in [0.25, 0.3) is 0 Å². The van der Waals surface area contributed by atoms with Crippen molar-refractivity contribution in [2.24, 2.45) is 0 Å². The third kappa shape index (κ3) is 1.08. The predicted octanol–water partition coefficient (Wildman–Crippen LogP) is 1.32. The van der Waals surface area contributed by atoms with Crippen LogP contribution in [-0.4, -0.2) is 10.6 Å². The minimum Gasteiger partial charge on any atom is -0.388 e. The number of nitrogen functional groups attached to an aromatic ring is 1. The molecule has 0 saturated heterocycles. The number of nitrogens with zero attached hydrogens (tertiary/aromatic N) is 2. The summed E-state index contributed by atoms with van der Waals surface area (Å²) < 4.78 is 3.96. The van der Waals surface area contributed by atoms with E-state index in [-0.39, 0.29) is 0 Å². The Balaban J connectivity index is 3.17. The normalized spacial score (nSPS) is 9.20. The zero-order chi connectivity index (χ0) is 7.56. The maximum Gasteiger partial charge on any atom is 0.130 e. The molecule has 0 aliphatic heterocycles. The minimum absolute atomic E-state index is 0.506. The van der Waals surface area contributed by atoms with Gasteiger partial charge in [0.2, 0.25) is 0 Å². The van der Waals surface area contributed by atoms with E-state index in [1.165, 1.54) is 11.8 Å². The molecule has 0 unspecified atom stereocenters. The summed E-state index contributed by atoms with van der Waals surface area (Å²) in [6.45, 7) is 0. The van der Waals surface area contributed by atoms with Crippen LogP contribution in [0.15, 0.2) is 5.03 Å². The summed E-state index contributed by atoms with van der Waals surface area (Å²) in [4.78, 5) is 0. The second-order valence-corrected chi connectivity index (χ2v) is 3.14. The van der Waals surface area contributed by atoms with E-state index in [1.54, 1.807) is 0 Å². The lowest BCUT2D eigenvalue weighted by atomic mass is 10.4. The van der Waals surface area contributed by atoms with Gasteiger partial charge >= 0.3 is 0 Å². The van der Waals surface area contributed by atoms with E-state index in [0.717, 1.165) is 16.6 Å². The van der Waals surface area contributed by atoms with E-state index in [9.17, 15) is 0 Å². The molecular weight excluding hydrogens is 166 g/mol. The Labute approximate surface area is 67.0 Å². The maximum absolute atomic E-state index is 8.54. The van der Waals surface area contributed by atoms with Crippen LogP contribution < -0.4 is 5.73 Å². The monoisotopic (exact) mass is 171 g/mol. The minimum atomic E-state index is 0.506. The number of aromatic nitrogens is 1. The molecule has 1 aromatic heterocycles. The van der Waals surface area contributed by atoms with Crippen molar-refractivity contribution in [3.63, 3.8) is 0 Å². The van der Waals surface area contributed by atoms with Crippen molar-refractivity contribution in [3.8, 4) is 6.07 Å². The zero-order valence-corrected chi connectivity index (χ0v) is 6.92. The first-order valence-corrected chi connectivity index (χ1v) is 4.48. The molecule has 5 heteroatoms. The van der Waals surface area contributed by atoms with Crippen molar-refractivity contribution in [1.29, 1.82) is 5.26 Å². The van der Waals surface area contributed by atoms with E-state index in [2.05, 4.69) is 4.37 Å². The highest BCUT2D eigenvalue weighted by atomic mass is 32.2. The smallest absolute Gasteiger partial charge is 0.130 e. The van der Waals surface area contributed by atoms with Gasteiger partial charge in [0.15, 0.2) is 0 Å². The fourth-order valence-electron chi connectivity index (χ4n) is 0.530. The average molecular weight is 171 g/mol. The topological polar surface area (TPSA) is 62.7 Å². The number of hydrogen-bond acceptors (Lipinski definition) is 5. The van der Waals surface area contributed by atoms with Gasteiger partial charge in [-0.3, -0.25) is 0 Å². The van der Waals surface area contributed by atoms with Crippen LogP contribution in [0.5, 0.6) is 0 Å². The number of rotatable bonds is 1. The van der Waals surface area contributed by atoms with Gasteiger partial charge in [-0.15, -0.1) is 11.8 Å². The van der Waals surface area contributed by atoms with Gasteiger partial charge < -0.3 is 5.73 Å². The summed E-state index contributed by atoms with van der Waals surface area (Å²) in [6.07, 6.45) is 1.87. The maximum atomic E-state index is 8.54.